The topological polar surface area (TPSA) is 102 Å². The number of aromatic nitrogens is 3. The van der Waals surface area contributed by atoms with Crippen LogP contribution in [0.4, 0.5) is 0 Å². The summed E-state index contributed by atoms with van der Waals surface area (Å²) in [5.74, 6) is -0.404. The van der Waals surface area contributed by atoms with E-state index >= 15 is 0 Å². The Labute approximate surface area is 194 Å². The van der Waals surface area contributed by atoms with Crippen LogP contribution in [0.15, 0.2) is 102 Å². The quantitative estimate of drug-likeness (QED) is 0.310. The zero-order chi connectivity index (χ0) is 23.3. The maximum absolute atomic E-state index is 12.9. The second-order valence-corrected chi connectivity index (χ2v) is 7.38. The first-order valence-electron chi connectivity index (χ1n) is 10.5. The van der Waals surface area contributed by atoms with Crippen molar-refractivity contribution in [1.29, 1.82) is 0 Å². The van der Waals surface area contributed by atoms with E-state index in [1.807, 2.05) is 48.5 Å². The third-order valence-electron chi connectivity index (χ3n) is 5.08. The zero-order valence-electron chi connectivity index (χ0n) is 17.9. The standard InChI is InChI=1S/C26H19N5O3/c32-25(13-12-18-16-27-31(17-18)19-7-2-1-3-8-19)29-30-26(33)21-15-23(24-11-6-14-34-24)28-22-10-5-4-9-20(21)22/h1-17H,(H,29,32)(H,30,33)/b13-12+. The lowest BCUT2D eigenvalue weighted by Gasteiger charge is -2.09. The van der Waals surface area contributed by atoms with Crippen molar-refractivity contribution in [3.63, 3.8) is 0 Å². The minimum absolute atomic E-state index is 0.366. The number of carbonyl (C=O) groups is 2. The molecule has 0 unspecified atom stereocenters. The average molecular weight is 449 g/mol. The first-order valence-corrected chi connectivity index (χ1v) is 10.5. The van der Waals surface area contributed by atoms with Crippen molar-refractivity contribution in [1.82, 2.24) is 25.6 Å². The summed E-state index contributed by atoms with van der Waals surface area (Å²) < 4.78 is 7.14. The molecule has 0 aliphatic rings. The number of hydrazine groups is 1. The second kappa shape index (κ2) is 9.25. The van der Waals surface area contributed by atoms with E-state index in [-0.39, 0.29) is 0 Å². The molecule has 0 atom stereocenters. The Balaban J connectivity index is 1.28. The predicted octanol–water partition coefficient (Wildman–Crippen LogP) is 4.15. The Bertz CT molecular complexity index is 1490. The molecule has 0 bridgehead atoms. The van der Waals surface area contributed by atoms with Crippen molar-refractivity contribution in [2.24, 2.45) is 0 Å². The van der Waals surface area contributed by atoms with Crippen LogP contribution in [-0.2, 0) is 4.79 Å². The minimum Gasteiger partial charge on any atom is -0.463 e. The normalized spacial score (nSPS) is 11.1. The van der Waals surface area contributed by atoms with E-state index in [9.17, 15) is 9.59 Å². The van der Waals surface area contributed by atoms with Crippen molar-refractivity contribution in [3.8, 4) is 17.1 Å². The SMILES string of the molecule is O=C(/C=C/c1cnn(-c2ccccc2)c1)NNC(=O)c1cc(-c2ccco2)nc2ccccc12. The fraction of sp³-hybridized carbons (Fsp3) is 0. The number of nitrogens with zero attached hydrogens (tertiary/aromatic N) is 3. The maximum Gasteiger partial charge on any atom is 0.270 e. The first-order chi connectivity index (χ1) is 16.7. The van der Waals surface area contributed by atoms with E-state index < -0.39 is 11.8 Å². The first kappa shape index (κ1) is 20.9. The molecule has 0 saturated heterocycles. The smallest absolute Gasteiger partial charge is 0.270 e. The van der Waals surface area contributed by atoms with Gasteiger partial charge in [-0.3, -0.25) is 20.4 Å². The number of para-hydroxylation sites is 2. The van der Waals surface area contributed by atoms with Gasteiger partial charge in [-0.1, -0.05) is 36.4 Å². The number of carbonyl (C=O) groups excluding carboxylic acids is 2. The number of rotatable bonds is 5. The van der Waals surface area contributed by atoms with Crippen LogP contribution in [-0.4, -0.2) is 26.6 Å². The van der Waals surface area contributed by atoms with E-state index in [4.69, 9.17) is 4.42 Å². The highest BCUT2D eigenvalue weighted by molar-refractivity contribution is 6.07. The molecule has 5 aromatic rings. The third kappa shape index (κ3) is 4.46. The van der Waals surface area contributed by atoms with Gasteiger partial charge in [0.05, 0.1) is 29.2 Å². The fourth-order valence-corrected chi connectivity index (χ4v) is 3.46. The van der Waals surface area contributed by atoms with E-state index in [0.717, 1.165) is 11.3 Å². The lowest BCUT2D eigenvalue weighted by atomic mass is 10.1. The van der Waals surface area contributed by atoms with Crippen molar-refractivity contribution >= 4 is 28.8 Å². The molecule has 0 radical (unpaired) electrons. The summed E-state index contributed by atoms with van der Waals surface area (Å²) in [4.78, 5) is 29.7. The summed E-state index contributed by atoms with van der Waals surface area (Å²) in [7, 11) is 0. The van der Waals surface area contributed by atoms with Gasteiger partial charge >= 0.3 is 0 Å². The molecule has 0 spiro atoms. The highest BCUT2D eigenvalue weighted by atomic mass is 16.3. The Morgan fingerprint density at radius 3 is 2.59 bits per heavy atom. The minimum atomic E-state index is -0.481. The number of nitrogens with one attached hydrogen (secondary N) is 2. The molecule has 166 valence electrons. The molecule has 34 heavy (non-hydrogen) atoms. The summed E-state index contributed by atoms with van der Waals surface area (Å²) >= 11 is 0. The van der Waals surface area contributed by atoms with Crippen LogP contribution in [0.25, 0.3) is 34.1 Å². The molecule has 8 heteroatoms. The summed E-state index contributed by atoms with van der Waals surface area (Å²) in [5.41, 5.74) is 8.06. The van der Waals surface area contributed by atoms with Gasteiger partial charge < -0.3 is 4.42 Å². The van der Waals surface area contributed by atoms with Crippen molar-refractivity contribution < 1.29 is 14.0 Å². The molecule has 0 aliphatic heterocycles. The molecule has 2 N–H and O–H groups in total. The molecule has 3 heterocycles. The Morgan fingerprint density at radius 1 is 0.941 bits per heavy atom. The number of benzene rings is 2. The van der Waals surface area contributed by atoms with Crippen LogP contribution >= 0.6 is 0 Å². The van der Waals surface area contributed by atoms with E-state index in [2.05, 4.69) is 20.9 Å². The van der Waals surface area contributed by atoms with Crippen LogP contribution in [0.5, 0.6) is 0 Å². The van der Waals surface area contributed by atoms with Gasteiger partial charge in [0.15, 0.2) is 5.76 Å². The average Bonchev–Trinajstić information content (AvgIpc) is 3.59. The number of furan rings is 1. The molecule has 2 amide bonds. The van der Waals surface area contributed by atoms with E-state index in [1.165, 1.54) is 6.08 Å². The van der Waals surface area contributed by atoms with Gasteiger partial charge in [-0.05, 0) is 42.5 Å². The highest BCUT2D eigenvalue weighted by Crippen LogP contribution is 2.25. The van der Waals surface area contributed by atoms with Crippen LogP contribution < -0.4 is 10.9 Å². The Morgan fingerprint density at radius 2 is 1.76 bits per heavy atom. The highest BCUT2D eigenvalue weighted by Gasteiger charge is 2.15. The molecule has 2 aromatic carbocycles. The van der Waals surface area contributed by atoms with Crippen LogP contribution in [0.3, 0.4) is 0 Å². The molecular formula is C26H19N5O3. The van der Waals surface area contributed by atoms with Gasteiger partial charge in [0.25, 0.3) is 11.8 Å². The maximum atomic E-state index is 12.9. The molecule has 8 nitrogen and oxygen atoms in total. The molecule has 0 saturated carbocycles. The molecular weight excluding hydrogens is 430 g/mol. The summed E-state index contributed by atoms with van der Waals surface area (Å²) in [6.45, 7) is 0. The van der Waals surface area contributed by atoms with Crippen molar-refractivity contribution in [2.45, 2.75) is 0 Å². The largest absolute Gasteiger partial charge is 0.463 e. The second-order valence-electron chi connectivity index (χ2n) is 7.38. The van der Waals surface area contributed by atoms with Gasteiger partial charge in [0.1, 0.15) is 5.69 Å². The number of pyridine rings is 1. The fourth-order valence-electron chi connectivity index (χ4n) is 3.46. The predicted molar refractivity (Wildman–Crippen MR) is 128 cm³/mol. The number of amides is 2. The Kier molecular flexibility index (Phi) is 5.69. The number of hydrogen-bond donors (Lipinski definition) is 2. The lowest BCUT2D eigenvalue weighted by Crippen LogP contribution is -2.40. The van der Waals surface area contributed by atoms with Gasteiger partial charge in [-0.2, -0.15) is 5.10 Å². The Hall–Kier alpha value is -4.98. The summed E-state index contributed by atoms with van der Waals surface area (Å²) in [5, 5.41) is 4.95. The molecule has 5 rings (SSSR count). The van der Waals surface area contributed by atoms with Crippen molar-refractivity contribution in [3.05, 3.63) is 109 Å². The lowest BCUT2D eigenvalue weighted by molar-refractivity contribution is -0.117. The van der Waals surface area contributed by atoms with Crippen LogP contribution in [0.1, 0.15) is 15.9 Å². The summed E-state index contributed by atoms with van der Waals surface area (Å²) in [6.07, 6.45) is 7.93. The van der Waals surface area contributed by atoms with Gasteiger partial charge in [0.2, 0.25) is 0 Å². The molecule has 0 aliphatic carbocycles. The number of fused-ring (bicyclic) bond motifs is 1. The monoisotopic (exact) mass is 449 g/mol. The van der Waals surface area contributed by atoms with Crippen LogP contribution in [0, 0.1) is 0 Å². The van der Waals surface area contributed by atoms with Crippen molar-refractivity contribution in [2.75, 3.05) is 0 Å². The van der Waals surface area contributed by atoms with Gasteiger partial charge in [0, 0.05) is 23.2 Å². The van der Waals surface area contributed by atoms with E-state index in [1.54, 1.807) is 53.7 Å². The molecule has 3 aromatic heterocycles. The third-order valence-corrected chi connectivity index (χ3v) is 5.08. The zero-order valence-corrected chi connectivity index (χ0v) is 17.9. The summed E-state index contributed by atoms with van der Waals surface area (Å²) in [6, 6.07) is 22.1. The van der Waals surface area contributed by atoms with E-state index in [0.29, 0.717) is 27.9 Å². The number of hydrogen-bond acceptors (Lipinski definition) is 5. The van der Waals surface area contributed by atoms with Gasteiger partial charge in [-0.25, -0.2) is 9.67 Å². The van der Waals surface area contributed by atoms with Gasteiger partial charge in [-0.15, -0.1) is 0 Å². The van der Waals surface area contributed by atoms with Crippen LogP contribution in [0.2, 0.25) is 0 Å². The molecule has 0 fully saturated rings.